The molecule has 2 aromatic rings. The number of hydrogen-bond donors (Lipinski definition) is 3. The maximum absolute atomic E-state index is 13.1. The maximum Gasteiger partial charge on any atom is 0.313 e. The van der Waals surface area contributed by atoms with Crippen molar-refractivity contribution in [2.45, 2.75) is 32.7 Å². The molecule has 2 aliphatic rings. The summed E-state index contributed by atoms with van der Waals surface area (Å²) in [4.78, 5) is 45.8. The Hall–Kier alpha value is -3.77. The number of piperidine rings is 1. The first-order chi connectivity index (χ1) is 14.8. The van der Waals surface area contributed by atoms with Crippen LogP contribution in [0.1, 0.15) is 36.6 Å². The van der Waals surface area contributed by atoms with Crippen LogP contribution < -0.4 is 16.6 Å². The lowest BCUT2D eigenvalue weighted by Gasteiger charge is -2.37. The molecule has 1 aliphatic carbocycles. The Morgan fingerprint density at radius 2 is 2.13 bits per heavy atom. The van der Waals surface area contributed by atoms with Gasteiger partial charge in [-0.3, -0.25) is 19.4 Å². The highest BCUT2D eigenvalue weighted by Gasteiger charge is 2.38. The average Bonchev–Trinajstić information content (AvgIpc) is 2.75. The van der Waals surface area contributed by atoms with Gasteiger partial charge in [0.1, 0.15) is 23.0 Å². The molecule has 1 saturated heterocycles. The fourth-order valence-electron chi connectivity index (χ4n) is 3.97. The summed E-state index contributed by atoms with van der Waals surface area (Å²) in [7, 11) is 0. The second-order valence-corrected chi connectivity index (χ2v) is 8.12. The monoisotopic (exact) mass is 418 g/mol. The maximum atomic E-state index is 13.1. The van der Waals surface area contributed by atoms with Crippen molar-refractivity contribution in [3.63, 3.8) is 0 Å². The van der Waals surface area contributed by atoms with Crippen molar-refractivity contribution >= 4 is 35.5 Å². The summed E-state index contributed by atoms with van der Waals surface area (Å²) in [5.74, 6) is -0.649. The van der Waals surface area contributed by atoms with Gasteiger partial charge < -0.3 is 16.0 Å². The van der Waals surface area contributed by atoms with E-state index in [1.165, 1.54) is 12.3 Å². The number of aromatic amines is 1. The number of rotatable bonds is 2. The van der Waals surface area contributed by atoms with Crippen LogP contribution in [0.25, 0.3) is 12.2 Å². The molecule has 3 heterocycles. The van der Waals surface area contributed by atoms with E-state index in [1.54, 1.807) is 30.0 Å². The fourth-order valence-corrected chi connectivity index (χ4v) is 3.97. The van der Waals surface area contributed by atoms with Crippen molar-refractivity contribution in [2.75, 3.05) is 17.6 Å². The van der Waals surface area contributed by atoms with Crippen LogP contribution in [0.4, 0.5) is 11.5 Å². The van der Waals surface area contributed by atoms with E-state index in [1.807, 2.05) is 6.08 Å². The molecule has 8 heteroatoms. The van der Waals surface area contributed by atoms with Crippen LogP contribution in [0.5, 0.6) is 0 Å². The van der Waals surface area contributed by atoms with Crippen LogP contribution in [0.2, 0.25) is 0 Å². The van der Waals surface area contributed by atoms with Crippen molar-refractivity contribution < 1.29 is 9.59 Å². The summed E-state index contributed by atoms with van der Waals surface area (Å²) in [5.41, 5.74) is 9.04. The van der Waals surface area contributed by atoms with E-state index in [2.05, 4.69) is 28.3 Å². The summed E-state index contributed by atoms with van der Waals surface area (Å²) in [5, 5.41) is 2.63. The van der Waals surface area contributed by atoms with E-state index in [9.17, 15) is 14.4 Å². The van der Waals surface area contributed by atoms with Gasteiger partial charge in [0.2, 0.25) is 0 Å². The SMILES string of the molecule is Cc1cc(NC(=O)C(=O)N2C[C@@H](C)CC[C@@H]2C2=Cc3ccc(=O)[nH]c3C=[C+]2)cnc1N. The molecule has 0 radical (unpaired) electrons. The molecule has 1 aliphatic heterocycles. The first kappa shape index (κ1) is 20.5. The highest BCUT2D eigenvalue weighted by atomic mass is 16.2. The normalized spacial score (nSPS) is 19.8. The third kappa shape index (κ3) is 4.25. The minimum atomic E-state index is -0.713. The number of H-pyrrole nitrogens is 1. The van der Waals surface area contributed by atoms with Crippen LogP contribution in [-0.4, -0.2) is 39.3 Å². The Morgan fingerprint density at radius 3 is 2.90 bits per heavy atom. The number of nitrogens with zero attached hydrogens (tertiary/aromatic N) is 2. The number of aromatic nitrogens is 2. The Bertz CT molecular complexity index is 1160. The Balaban J connectivity index is 1.57. The number of carbonyl (C=O) groups excluding carboxylic acids is 2. The number of pyridine rings is 2. The zero-order valence-corrected chi connectivity index (χ0v) is 17.4. The molecule has 0 spiro atoms. The molecular weight excluding hydrogens is 394 g/mol. The number of hydrogen-bond acceptors (Lipinski definition) is 5. The van der Waals surface area contributed by atoms with Gasteiger partial charge >= 0.3 is 11.8 Å². The Morgan fingerprint density at radius 1 is 1.32 bits per heavy atom. The lowest BCUT2D eigenvalue weighted by atomic mass is 9.87. The number of anilines is 2. The molecule has 4 N–H and O–H groups in total. The van der Waals surface area contributed by atoms with Gasteiger partial charge in [-0.15, -0.1) is 0 Å². The molecule has 2 atom stereocenters. The quantitative estimate of drug-likeness (QED) is 0.510. The van der Waals surface area contributed by atoms with Crippen LogP contribution in [0, 0.1) is 18.9 Å². The van der Waals surface area contributed by atoms with Gasteiger partial charge in [0.05, 0.1) is 24.0 Å². The standard InChI is InChI=1S/C23H23N5O3/c1-13-3-7-19(16-4-6-18-15(10-16)5-8-20(29)27-18)28(12-13)23(31)22(30)26-17-9-14(2)21(24)25-11-17/h5-6,8-11,13,19H,3,7,12H2,1-2H3,(H3-,24,25,26,27,29,30,31)/p+1/t13-,19+/m0/s1. The first-order valence-corrected chi connectivity index (χ1v) is 10.2. The molecule has 0 aromatic carbocycles. The van der Waals surface area contributed by atoms with E-state index in [4.69, 9.17) is 5.73 Å². The molecule has 4 rings (SSSR count). The van der Waals surface area contributed by atoms with Crippen molar-refractivity contribution in [3.8, 4) is 0 Å². The number of carbonyl (C=O) groups is 2. The van der Waals surface area contributed by atoms with Gasteiger partial charge in [0.15, 0.2) is 5.69 Å². The van der Waals surface area contributed by atoms with Crippen LogP contribution >= 0.6 is 0 Å². The van der Waals surface area contributed by atoms with Crippen LogP contribution in [-0.2, 0) is 9.59 Å². The zero-order valence-electron chi connectivity index (χ0n) is 17.4. The second kappa shape index (κ2) is 8.16. The van der Waals surface area contributed by atoms with Gasteiger partial charge in [-0.1, -0.05) is 6.92 Å². The number of nitrogen functional groups attached to an aromatic ring is 1. The summed E-state index contributed by atoms with van der Waals surface area (Å²) >= 11 is 0. The van der Waals surface area contributed by atoms with Crippen molar-refractivity contribution in [3.05, 3.63) is 63.2 Å². The van der Waals surface area contributed by atoms with Crippen LogP contribution in [0.3, 0.4) is 0 Å². The van der Waals surface area contributed by atoms with Crippen molar-refractivity contribution in [1.82, 2.24) is 14.9 Å². The highest BCUT2D eigenvalue weighted by molar-refractivity contribution is 6.39. The van der Waals surface area contributed by atoms with Gasteiger partial charge in [-0.05, 0) is 43.4 Å². The number of likely N-dealkylation sites (tertiary alicyclic amines) is 1. The minimum absolute atomic E-state index is 0.180. The molecule has 8 nitrogen and oxygen atoms in total. The number of nitrogens with two attached hydrogens (primary N) is 1. The molecule has 0 saturated carbocycles. The van der Waals surface area contributed by atoms with Gasteiger partial charge in [-0.25, -0.2) is 4.98 Å². The first-order valence-electron chi connectivity index (χ1n) is 10.2. The fraction of sp³-hybridized carbons (Fsp3) is 0.304. The lowest BCUT2D eigenvalue weighted by molar-refractivity contribution is -0.145. The second-order valence-electron chi connectivity index (χ2n) is 8.12. The summed E-state index contributed by atoms with van der Waals surface area (Å²) in [6.45, 7) is 4.33. The van der Waals surface area contributed by atoms with E-state index in [0.29, 0.717) is 23.7 Å². The molecule has 2 aromatic heterocycles. The van der Waals surface area contributed by atoms with Gasteiger partial charge in [0.25, 0.3) is 5.56 Å². The van der Waals surface area contributed by atoms with Gasteiger partial charge in [0, 0.05) is 18.7 Å². The Kier molecular flexibility index (Phi) is 5.40. The number of amides is 2. The van der Waals surface area contributed by atoms with E-state index < -0.39 is 11.8 Å². The third-order valence-corrected chi connectivity index (χ3v) is 5.69. The van der Waals surface area contributed by atoms with Crippen molar-refractivity contribution in [1.29, 1.82) is 0 Å². The predicted octanol–water partition coefficient (Wildman–Crippen LogP) is 2.14. The summed E-state index contributed by atoms with van der Waals surface area (Å²) in [6, 6.07) is 4.62. The summed E-state index contributed by atoms with van der Waals surface area (Å²) in [6.07, 6.45) is 9.92. The molecule has 0 bridgehead atoms. The van der Waals surface area contributed by atoms with E-state index in [0.717, 1.165) is 29.5 Å². The minimum Gasteiger partial charge on any atom is -0.383 e. The predicted molar refractivity (Wildman–Crippen MR) is 119 cm³/mol. The van der Waals surface area contributed by atoms with Gasteiger partial charge in [-0.2, -0.15) is 0 Å². The largest absolute Gasteiger partial charge is 0.383 e. The number of fused-ring (bicyclic) bond motifs is 1. The van der Waals surface area contributed by atoms with Crippen molar-refractivity contribution in [2.24, 2.45) is 5.92 Å². The Labute approximate surface area is 179 Å². The third-order valence-electron chi connectivity index (χ3n) is 5.69. The lowest BCUT2D eigenvalue weighted by Crippen LogP contribution is -2.51. The molecule has 31 heavy (non-hydrogen) atoms. The molecule has 0 unspecified atom stereocenters. The van der Waals surface area contributed by atoms with E-state index in [-0.39, 0.29) is 17.5 Å². The topological polar surface area (TPSA) is 121 Å². The van der Waals surface area contributed by atoms with E-state index >= 15 is 0 Å². The molecule has 158 valence electrons. The molecule has 2 amide bonds. The smallest absolute Gasteiger partial charge is 0.313 e. The number of nitrogens with one attached hydrogen (secondary N) is 2. The average molecular weight is 418 g/mol. The van der Waals surface area contributed by atoms with Crippen LogP contribution in [0.15, 0.2) is 34.8 Å². The zero-order chi connectivity index (χ0) is 22.1. The highest BCUT2D eigenvalue weighted by Crippen LogP contribution is 2.31. The molecular formula is C23H24N5O3+. The molecule has 1 fully saturated rings. The summed E-state index contributed by atoms with van der Waals surface area (Å²) < 4.78 is 0. The number of aryl methyl sites for hydroxylation is 1.